The number of aromatic nitrogens is 1. The number of hydrogen-bond donors (Lipinski definition) is 3. The minimum atomic E-state index is -3.99. The summed E-state index contributed by atoms with van der Waals surface area (Å²) in [5, 5.41) is 14.4. The Labute approximate surface area is 309 Å². The lowest BCUT2D eigenvalue weighted by atomic mass is 9.80. The third kappa shape index (κ3) is 6.04. The fourth-order valence-electron chi connectivity index (χ4n) is 9.04. The number of carbonyl (C=O) groups is 4. The molecule has 3 aliphatic heterocycles. The topological polar surface area (TPSA) is 175 Å². The monoisotopic (exact) mass is 747 g/mol. The normalized spacial score (nSPS) is 32.9. The predicted octanol–water partition coefficient (Wildman–Crippen LogP) is 4.36. The van der Waals surface area contributed by atoms with Crippen molar-refractivity contribution in [1.82, 2.24) is 24.8 Å². The average molecular weight is 748 g/mol. The van der Waals surface area contributed by atoms with Crippen LogP contribution in [-0.4, -0.2) is 92.7 Å². The highest BCUT2D eigenvalue weighted by atomic mass is 32.2. The number of rotatable bonds is 5. The van der Waals surface area contributed by atoms with Crippen LogP contribution in [0.25, 0.3) is 10.9 Å². The number of sulfonamides is 1. The number of aryl methyl sites for hydroxylation is 2. The molecule has 4 fully saturated rings. The number of fused-ring (bicyclic) bond motifs is 5. The van der Waals surface area contributed by atoms with Gasteiger partial charge in [-0.25, -0.2) is 18.2 Å². The molecule has 0 radical (unpaired) electrons. The van der Waals surface area contributed by atoms with Crippen molar-refractivity contribution < 1.29 is 37.4 Å². The van der Waals surface area contributed by atoms with Crippen LogP contribution in [0.5, 0.6) is 5.75 Å². The van der Waals surface area contributed by atoms with Crippen LogP contribution in [-0.2, 0) is 30.8 Å². The molecule has 1 spiro atoms. The molecule has 284 valence electrons. The first-order valence-corrected chi connectivity index (χ1v) is 20.6. The average Bonchev–Trinajstić information content (AvgIpc) is 4.04. The van der Waals surface area contributed by atoms with Crippen molar-refractivity contribution in [2.45, 2.75) is 132 Å². The van der Waals surface area contributed by atoms with E-state index in [1.165, 1.54) is 9.80 Å². The maximum Gasteiger partial charge on any atom is 0.408 e. The number of benzene rings is 1. The van der Waals surface area contributed by atoms with E-state index in [1.807, 2.05) is 50.3 Å². The van der Waals surface area contributed by atoms with Gasteiger partial charge in [-0.1, -0.05) is 50.1 Å². The Kier molecular flexibility index (Phi) is 8.58. The van der Waals surface area contributed by atoms with Crippen molar-refractivity contribution >= 4 is 44.7 Å². The summed E-state index contributed by atoms with van der Waals surface area (Å²) in [7, 11) is -3.99. The van der Waals surface area contributed by atoms with Gasteiger partial charge in [-0.2, -0.15) is 0 Å². The van der Waals surface area contributed by atoms with Gasteiger partial charge in [0, 0.05) is 28.8 Å². The standard InChI is InChI=1S/C39H49N5O8S/c1-23-31-33(45)41-39(35(47)42-53(50,51)37(3)19-20-37)21-25(39)11-7-5-4-6-8-14-30(44(36(48)49)26-15-16-26)34(46)43(31)22-38(23)18-17-28-27-12-9-10-13-29(27)40-24(2)32(28)52-38/h7,9-13,23,25-26,30-31H,4-6,8,14-22H2,1-3H3,(H,41,45)(H,42,47)(H,48,49)/b11-7-/t23?,25-,30+,31+,38+,39-/m1/s1. The van der Waals surface area contributed by atoms with Crippen molar-refractivity contribution in [3.05, 3.63) is 47.7 Å². The van der Waals surface area contributed by atoms with Crippen LogP contribution in [0, 0.1) is 18.8 Å². The summed E-state index contributed by atoms with van der Waals surface area (Å²) < 4.78 is 34.7. The molecular weight excluding hydrogens is 699 g/mol. The molecule has 3 saturated carbocycles. The first kappa shape index (κ1) is 35.8. The molecule has 8 rings (SSSR count). The van der Waals surface area contributed by atoms with E-state index in [0.29, 0.717) is 69.2 Å². The number of hydrogen-bond acceptors (Lipinski definition) is 8. The fraction of sp³-hybridized carbons (Fsp3) is 0.615. The second-order valence-electron chi connectivity index (χ2n) is 16.5. The summed E-state index contributed by atoms with van der Waals surface area (Å²) in [5.74, 6) is -2.21. The zero-order valence-corrected chi connectivity index (χ0v) is 31.4. The third-order valence-electron chi connectivity index (χ3n) is 12.9. The molecule has 2 aromatic rings. The summed E-state index contributed by atoms with van der Waals surface area (Å²) >= 11 is 0. The van der Waals surface area contributed by atoms with Crippen molar-refractivity contribution in [2.24, 2.45) is 11.8 Å². The summed E-state index contributed by atoms with van der Waals surface area (Å²) in [6, 6.07) is 5.50. The van der Waals surface area contributed by atoms with Gasteiger partial charge in [0.2, 0.25) is 21.8 Å². The van der Waals surface area contributed by atoms with E-state index in [0.717, 1.165) is 29.3 Å². The SMILES string of the molecule is Cc1nc2ccccc2c2c1O[C@@]1(CC2)CN2C(=O)[C@@H](N(C(=O)O)C3CC3)CCCCC/C=C\[C@@H]3C[C@@]3(C(=O)NS(=O)(=O)C3(C)CC3)NC(=O)[C@@H]2C1C. The molecule has 13 nitrogen and oxygen atoms in total. The van der Waals surface area contributed by atoms with Crippen molar-refractivity contribution in [1.29, 1.82) is 0 Å². The minimum absolute atomic E-state index is 0.0423. The highest BCUT2D eigenvalue weighted by Crippen LogP contribution is 2.50. The van der Waals surface area contributed by atoms with Crippen molar-refractivity contribution in [3.63, 3.8) is 0 Å². The van der Waals surface area contributed by atoms with Gasteiger partial charge in [0.05, 0.1) is 22.5 Å². The third-order valence-corrected chi connectivity index (χ3v) is 15.1. The lowest BCUT2D eigenvalue weighted by molar-refractivity contribution is -0.144. The zero-order chi connectivity index (χ0) is 37.5. The molecule has 1 aromatic carbocycles. The number of allylic oxidation sites excluding steroid dienone is 1. The van der Waals surface area contributed by atoms with E-state index < -0.39 is 73.6 Å². The number of nitrogens with one attached hydrogen (secondary N) is 2. The Bertz CT molecular complexity index is 2030. The smallest absolute Gasteiger partial charge is 0.408 e. The van der Waals surface area contributed by atoms with Crippen molar-refractivity contribution in [3.8, 4) is 5.75 Å². The summed E-state index contributed by atoms with van der Waals surface area (Å²) in [4.78, 5) is 64.1. The first-order valence-electron chi connectivity index (χ1n) is 19.1. The molecular formula is C39H49N5O8S. The van der Waals surface area contributed by atoms with Crippen LogP contribution in [0.1, 0.15) is 95.7 Å². The Morgan fingerprint density at radius 3 is 2.57 bits per heavy atom. The molecule has 6 atom stereocenters. The Balaban J connectivity index is 1.18. The molecule has 3 aliphatic carbocycles. The van der Waals surface area contributed by atoms with E-state index in [2.05, 4.69) is 10.0 Å². The van der Waals surface area contributed by atoms with Gasteiger partial charge < -0.3 is 20.1 Å². The molecule has 1 saturated heterocycles. The molecule has 1 unspecified atom stereocenters. The van der Waals surface area contributed by atoms with Crippen LogP contribution in [0.15, 0.2) is 36.4 Å². The molecule has 4 amide bonds. The lowest BCUT2D eigenvalue weighted by Crippen LogP contribution is -2.60. The van der Waals surface area contributed by atoms with E-state index in [9.17, 15) is 32.7 Å². The number of carboxylic acid groups (broad SMARTS) is 1. The van der Waals surface area contributed by atoms with Gasteiger partial charge >= 0.3 is 6.09 Å². The number of ether oxygens (including phenoxy) is 1. The number of carbonyl (C=O) groups excluding carboxylic acids is 3. The number of pyridine rings is 1. The fourth-order valence-corrected chi connectivity index (χ4v) is 10.4. The maximum atomic E-state index is 15.0. The zero-order valence-electron chi connectivity index (χ0n) is 30.6. The Morgan fingerprint density at radius 2 is 1.85 bits per heavy atom. The van der Waals surface area contributed by atoms with E-state index in [1.54, 1.807) is 6.92 Å². The van der Waals surface area contributed by atoms with E-state index in [-0.39, 0.29) is 19.0 Å². The highest BCUT2D eigenvalue weighted by molar-refractivity contribution is 7.91. The number of amides is 4. The van der Waals surface area contributed by atoms with Gasteiger partial charge in [-0.05, 0) is 84.1 Å². The number of nitrogens with zero attached hydrogens (tertiary/aromatic N) is 3. The van der Waals surface area contributed by atoms with Gasteiger partial charge in [-0.15, -0.1) is 0 Å². The first-order chi connectivity index (χ1) is 25.2. The molecule has 6 aliphatic rings. The summed E-state index contributed by atoms with van der Waals surface area (Å²) in [6.07, 6.45) is 9.44. The van der Waals surface area contributed by atoms with Gasteiger partial charge in [0.25, 0.3) is 5.91 Å². The largest absolute Gasteiger partial charge is 0.483 e. The summed E-state index contributed by atoms with van der Waals surface area (Å²) in [6.45, 7) is 5.40. The van der Waals surface area contributed by atoms with Gasteiger partial charge in [0.1, 0.15) is 29.0 Å². The summed E-state index contributed by atoms with van der Waals surface area (Å²) in [5.41, 5.74) is 0.0454. The minimum Gasteiger partial charge on any atom is -0.483 e. The molecule has 3 N–H and O–H groups in total. The van der Waals surface area contributed by atoms with Crippen LogP contribution in [0.2, 0.25) is 0 Å². The van der Waals surface area contributed by atoms with Crippen LogP contribution >= 0.6 is 0 Å². The van der Waals surface area contributed by atoms with Crippen molar-refractivity contribution in [2.75, 3.05) is 6.54 Å². The second-order valence-corrected chi connectivity index (χ2v) is 18.7. The van der Waals surface area contributed by atoms with Crippen LogP contribution in [0.3, 0.4) is 0 Å². The second kappa shape index (κ2) is 12.7. The van der Waals surface area contributed by atoms with Gasteiger partial charge in [0.15, 0.2) is 0 Å². The molecule has 4 heterocycles. The Morgan fingerprint density at radius 1 is 1.09 bits per heavy atom. The highest BCUT2D eigenvalue weighted by Gasteiger charge is 2.65. The van der Waals surface area contributed by atoms with E-state index >= 15 is 0 Å². The van der Waals surface area contributed by atoms with E-state index in [4.69, 9.17) is 9.72 Å². The molecule has 14 heteroatoms. The predicted molar refractivity (Wildman–Crippen MR) is 195 cm³/mol. The molecule has 53 heavy (non-hydrogen) atoms. The Hall–Kier alpha value is -4.20. The number of para-hydroxylation sites is 1. The molecule has 1 aromatic heterocycles. The quantitative estimate of drug-likeness (QED) is 0.376. The lowest BCUT2D eigenvalue weighted by Gasteiger charge is -2.39. The molecule has 0 bridgehead atoms. The van der Waals surface area contributed by atoms with Crippen LogP contribution < -0.4 is 14.8 Å². The van der Waals surface area contributed by atoms with Crippen LogP contribution in [0.4, 0.5) is 4.79 Å². The maximum absolute atomic E-state index is 15.0. The van der Waals surface area contributed by atoms with Gasteiger partial charge in [-0.3, -0.25) is 24.0 Å².